The third-order valence-corrected chi connectivity index (χ3v) is 6.91. The number of morpholine rings is 1. The third kappa shape index (κ3) is 5.20. The Bertz CT molecular complexity index is 745. The highest BCUT2D eigenvalue weighted by molar-refractivity contribution is 7.89. The van der Waals surface area contributed by atoms with Crippen LogP contribution in [0.4, 0.5) is 0 Å². The summed E-state index contributed by atoms with van der Waals surface area (Å²) in [6.45, 7) is 5.12. The standard InChI is InChI=1S/C18H27N3O4S.ClH/c1-2-14-5-6-15(18(22)20-16-4-3-7-19-13-16)12-17(14)26(23,24)21-8-10-25-11-9-21;/h5-6,12,16,19H,2-4,7-11,13H2,1H3,(H,20,22);1H/t16-;/m0./s1. The van der Waals surface area contributed by atoms with E-state index in [-0.39, 0.29) is 29.3 Å². The number of nitrogens with zero attached hydrogens (tertiary/aromatic N) is 1. The molecule has 2 heterocycles. The van der Waals surface area contributed by atoms with Crippen molar-refractivity contribution in [2.75, 3.05) is 39.4 Å². The lowest BCUT2D eigenvalue weighted by molar-refractivity contribution is 0.0730. The molecule has 1 aromatic carbocycles. The summed E-state index contributed by atoms with van der Waals surface area (Å²) in [7, 11) is -3.63. The minimum absolute atomic E-state index is 0. The second-order valence-electron chi connectivity index (χ2n) is 6.71. The fourth-order valence-electron chi connectivity index (χ4n) is 3.40. The Labute approximate surface area is 167 Å². The highest BCUT2D eigenvalue weighted by Crippen LogP contribution is 2.23. The van der Waals surface area contributed by atoms with E-state index in [0.29, 0.717) is 38.3 Å². The van der Waals surface area contributed by atoms with Gasteiger partial charge in [-0.25, -0.2) is 8.42 Å². The van der Waals surface area contributed by atoms with Gasteiger partial charge in [0.2, 0.25) is 10.0 Å². The van der Waals surface area contributed by atoms with Crippen LogP contribution in [0.2, 0.25) is 0 Å². The smallest absolute Gasteiger partial charge is 0.251 e. The molecule has 0 aliphatic carbocycles. The van der Waals surface area contributed by atoms with Gasteiger partial charge < -0.3 is 15.4 Å². The maximum absolute atomic E-state index is 13.1. The van der Waals surface area contributed by atoms with Crippen LogP contribution < -0.4 is 10.6 Å². The first-order valence-corrected chi connectivity index (χ1v) is 10.7. The average Bonchev–Trinajstić information content (AvgIpc) is 2.69. The summed E-state index contributed by atoms with van der Waals surface area (Å²) >= 11 is 0. The normalized spacial score (nSPS) is 21.3. The van der Waals surface area contributed by atoms with Crippen LogP contribution in [0.25, 0.3) is 0 Å². The van der Waals surface area contributed by atoms with Crippen LogP contribution >= 0.6 is 12.4 Å². The Morgan fingerprint density at radius 2 is 2.07 bits per heavy atom. The maximum atomic E-state index is 13.1. The van der Waals surface area contributed by atoms with Crippen molar-refractivity contribution in [3.05, 3.63) is 29.3 Å². The summed E-state index contributed by atoms with van der Waals surface area (Å²) in [5, 5.41) is 6.26. The lowest BCUT2D eigenvalue weighted by Crippen LogP contribution is -2.45. The molecular formula is C18H28ClN3O4S. The van der Waals surface area contributed by atoms with Crippen LogP contribution in [0.1, 0.15) is 35.7 Å². The van der Waals surface area contributed by atoms with Gasteiger partial charge in [0.15, 0.2) is 0 Å². The number of aryl methyl sites for hydroxylation is 1. The van der Waals surface area contributed by atoms with Crippen molar-refractivity contribution in [2.45, 2.75) is 37.1 Å². The second-order valence-corrected chi connectivity index (χ2v) is 8.62. The first kappa shape index (κ1) is 22.1. The van der Waals surface area contributed by atoms with Crippen molar-refractivity contribution in [3.63, 3.8) is 0 Å². The Kier molecular flexibility index (Phi) is 8.05. The maximum Gasteiger partial charge on any atom is 0.251 e. The first-order valence-electron chi connectivity index (χ1n) is 9.24. The van der Waals surface area contributed by atoms with Gasteiger partial charge in [-0.1, -0.05) is 13.0 Å². The van der Waals surface area contributed by atoms with E-state index < -0.39 is 10.0 Å². The summed E-state index contributed by atoms with van der Waals surface area (Å²) in [5.74, 6) is -0.222. The molecule has 2 aliphatic heterocycles. The monoisotopic (exact) mass is 417 g/mol. The van der Waals surface area contributed by atoms with Crippen LogP contribution in [0, 0.1) is 0 Å². The fourth-order valence-corrected chi connectivity index (χ4v) is 5.13. The van der Waals surface area contributed by atoms with Crippen molar-refractivity contribution in [1.82, 2.24) is 14.9 Å². The Morgan fingerprint density at radius 3 is 2.70 bits per heavy atom. The van der Waals surface area contributed by atoms with Gasteiger partial charge in [-0.05, 0) is 43.5 Å². The number of halogens is 1. The van der Waals surface area contributed by atoms with Gasteiger partial charge in [0.25, 0.3) is 5.91 Å². The van der Waals surface area contributed by atoms with E-state index in [2.05, 4.69) is 10.6 Å². The number of hydrogen-bond acceptors (Lipinski definition) is 5. The van der Waals surface area contributed by atoms with Gasteiger partial charge in [0, 0.05) is 31.2 Å². The van der Waals surface area contributed by atoms with Crippen molar-refractivity contribution >= 4 is 28.3 Å². The van der Waals surface area contributed by atoms with Crippen LogP contribution in [-0.4, -0.2) is 64.1 Å². The zero-order chi connectivity index (χ0) is 18.6. The molecule has 7 nitrogen and oxygen atoms in total. The highest BCUT2D eigenvalue weighted by atomic mass is 35.5. The van der Waals surface area contributed by atoms with E-state index in [1.807, 2.05) is 6.92 Å². The van der Waals surface area contributed by atoms with E-state index >= 15 is 0 Å². The number of rotatable bonds is 5. The number of carbonyl (C=O) groups is 1. The zero-order valence-corrected chi connectivity index (χ0v) is 17.2. The molecule has 2 saturated heterocycles. The van der Waals surface area contributed by atoms with Crippen LogP contribution in [0.5, 0.6) is 0 Å². The molecule has 0 saturated carbocycles. The summed E-state index contributed by atoms with van der Waals surface area (Å²) < 4.78 is 32.8. The van der Waals surface area contributed by atoms with Gasteiger partial charge in [0.1, 0.15) is 0 Å². The summed E-state index contributed by atoms with van der Waals surface area (Å²) in [6, 6.07) is 5.07. The van der Waals surface area contributed by atoms with E-state index in [1.54, 1.807) is 12.1 Å². The second kappa shape index (κ2) is 9.84. The molecule has 0 bridgehead atoms. The Morgan fingerprint density at radius 1 is 1.33 bits per heavy atom. The number of carbonyl (C=O) groups excluding carboxylic acids is 1. The SMILES string of the molecule is CCc1ccc(C(=O)N[C@H]2CCCNC2)cc1S(=O)(=O)N1CCOCC1.Cl. The molecule has 152 valence electrons. The van der Waals surface area contributed by atoms with Crippen molar-refractivity contribution < 1.29 is 17.9 Å². The predicted octanol–water partition coefficient (Wildman–Crippen LogP) is 1.17. The molecule has 2 fully saturated rings. The Balaban J connectivity index is 0.00000261. The molecule has 1 amide bonds. The number of benzene rings is 1. The zero-order valence-electron chi connectivity index (χ0n) is 15.6. The van der Waals surface area contributed by atoms with E-state index in [4.69, 9.17) is 4.74 Å². The van der Waals surface area contributed by atoms with Crippen molar-refractivity contribution in [2.24, 2.45) is 0 Å². The number of ether oxygens (including phenoxy) is 1. The largest absolute Gasteiger partial charge is 0.379 e. The lowest BCUT2D eigenvalue weighted by atomic mass is 10.1. The molecular weight excluding hydrogens is 390 g/mol. The van der Waals surface area contributed by atoms with Crippen LogP contribution in [0.15, 0.2) is 23.1 Å². The number of sulfonamides is 1. The van der Waals surface area contributed by atoms with Gasteiger partial charge >= 0.3 is 0 Å². The van der Waals surface area contributed by atoms with Gasteiger partial charge in [0.05, 0.1) is 18.1 Å². The predicted molar refractivity (Wildman–Crippen MR) is 106 cm³/mol. The molecule has 3 rings (SSSR count). The lowest BCUT2D eigenvalue weighted by Gasteiger charge is -2.27. The van der Waals surface area contributed by atoms with Gasteiger partial charge in [-0.2, -0.15) is 4.31 Å². The van der Waals surface area contributed by atoms with Crippen LogP contribution in [0.3, 0.4) is 0 Å². The molecule has 0 spiro atoms. The molecule has 0 unspecified atom stereocenters. The molecule has 2 N–H and O–H groups in total. The van der Waals surface area contributed by atoms with Crippen LogP contribution in [-0.2, 0) is 21.2 Å². The molecule has 2 aliphatic rings. The topological polar surface area (TPSA) is 87.7 Å². The summed E-state index contributed by atoms with van der Waals surface area (Å²) in [6.07, 6.45) is 2.55. The average molecular weight is 418 g/mol. The number of amides is 1. The first-order chi connectivity index (χ1) is 12.5. The molecule has 0 radical (unpaired) electrons. The quantitative estimate of drug-likeness (QED) is 0.751. The van der Waals surface area contributed by atoms with Gasteiger partial charge in [-0.3, -0.25) is 4.79 Å². The van der Waals surface area contributed by atoms with E-state index in [0.717, 1.165) is 31.5 Å². The van der Waals surface area contributed by atoms with Gasteiger partial charge in [-0.15, -0.1) is 12.4 Å². The minimum atomic E-state index is -3.63. The van der Waals surface area contributed by atoms with E-state index in [1.165, 1.54) is 10.4 Å². The molecule has 27 heavy (non-hydrogen) atoms. The fraction of sp³-hybridized carbons (Fsp3) is 0.611. The van der Waals surface area contributed by atoms with Crippen molar-refractivity contribution in [1.29, 1.82) is 0 Å². The highest BCUT2D eigenvalue weighted by Gasteiger charge is 2.29. The summed E-state index contributed by atoms with van der Waals surface area (Å²) in [4.78, 5) is 12.8. The Hall–Kier alpha value is -1.19. The summed E-state index contributed by atoms with van der Waals surface area (Å²) in [5.41, 5.74) is 1.12. The third-order valence-electron chi connectivity index (χ3n) is 4.93. The van der Waals surface area contributed by atoms with E-state index in [9.17, 15) is 13.2 Å². The minimum Gasteiger partial charge on any atom is -0.379 e. The van der Waals surface area contributed by atoms with Crippen molar-refractivity contribution in [3.8, 4) is 0 Å². The molecule has 0 aromatic heterocycles. The number of nitrogens with one attached hydrogen (secondary N) is 2. The molecule has 1 aromatic rings. The molecule has 1 atom stereocenters. The number of piperidine rings is 1. The number of hydrogen-bond donors (Lipinski definition) is 2. The molecule has 9 heteroatoms.